The molecule has 1 heterocycles. The predicted molar refractivity (Wildman–Crippen MR) is 49.3 cm³/mol. The minimum absolute atomic E-state index is 0.0728. The predicted octanol–water partition coefficient (Wildman–Crippen LogP) is 1.55. The maximum absolute atomic E-state index is 10.3. The molecule has 13 heavy (non-hydrogen) atoms. The second-order valence-corrected chi connectivity index (χ2v) is 3.13. The summed E-state index contributed by atoms with van der Waals surface area (Å²) in [4.78, 5) is 9.78. The van der Waals surface area contributed by atoms with E-state index in [9.17, 15) is 10.1 Å². The quantitative estimate of drug-likeness (QED) is 0.589. The van der Waals surface area contributed by atoms with E-state index in [1.165, 1.54) is 6.26 Å². The van der Waals surface area contributed by atoms with Gasteiger partial charge in [0.05, 0.1) is 23.1 Å². The fraction of sp³-hybridized carbons (Fsp3) is 0.143. The average molecular weight is 200 g/mol. The van der Waals surface area contributed by atoms with Gasteiger partial charge in [-0.15, -0.1) is 0 Å². The molecule has 0 amide bonds. The van der Waals surface area contributed by atoms with Crippen molar-refractivity contribution in [1.82, 2.24) is 0 Å². The Bertz CT molecular complexity index is 308. The van der Waals surface area contributed by atoms with E-state index in [2.05, 4.69) is 0 Å². The molecule has 1 rings (SSSR count). The fourth-order valence-electron chi connectivity index (χ4n) is 0.701. The highest BCUT2D eigenvalue weighted by Crippen LogP contribution is 2.20. The third kappa shape index (κ3) is 2.83. The van der Waals surface area contributed by atoms with Gasteiger partial charge in [-0.1, -0.05) is 0 Å². The fourth-order valence-corrected chi connectivity index (χ4v) is 1.36. The van der Waals surface area contributed by atoms with E-state index in [1.54, 1.807) is 12.1 Å². The monoisotopic (exact) mass is 200 g/mol. The van der Waals surface area contributed by atoms with Gasteiger partial charge in [0.2, 0.25) is 0 Å². The number of nitrogens with zero attached hydrogens (tertiary/aromatic N) is 1. The van der Waals surface area contributed by atoms with Crippen LogP contribution in [0.25, 0.3) is 0 Å². The van der Waals surface area contributed by atoms with E-state index in [-0.39, 0.29) is 5.03 Å². The highest BCUT2D eigenvalue weighted by molar-refractivity contribution is 8.02. The van der Waals surface area contributed by atoms with Crippen LogP contribution in [0, 0.1) is 10.1 Å². The van der Waals surface area contributed by atoms with E-state index in [4.69, 9.17) is 10.2 Å². The van der Waals surface area contributed by atoms with Crippen LogP contribution >= 0.6 is 11.8 Å². The molecule has 0 aromatic carbocycles. The van der Waals surface area contributed by atoms with Crippen molar-refractivity contribution in [2.24, 2.45) is 5.73 Å². The molecular formula is C7H8N2O3S. The molecule has 1 aromatic heterocycles. The maximum Gasteiger partial charge on any atom is 0.318 e. The normalized spacial score (nSPS) is 11.5. The zero-order valence-electron chi connectivity index (χ0n) is 6.67. The zero-order valence-corrected chi connectivity index (χ0v) is 7.49. The van der Waals surface area contributed by atoms with Gasteiger partial charge in [0, 0.05) is 0 Å². The molecule has 5 nitrogen and oxygen atoms in total. The van der Waals surface area contributed by atoms with Gasteiger partial charge in [-0.2, -0.15) is 0 Å². The van der Waals surface area contributed by atoms with Crippen LogP contribution in [-0.4, -0.2) is 4.92 Å². The molecule has 0 atom stereocenters. The van der Waals surface area contributed by atoms with Crippen molar-refractivity contribution in [1.29, 1.82) is 0 Å². The summed E-state index contributed by atoms with van der Waals surface area (Å²) in [6, 6.07) is 3.48. The topological polar surface area (TPSA) is 82.3 Å². The third-order valence-electron chi connectivity index (χ3n) is 1.26. The molecule has 0 bridgehead atoms. The molecule has 0 spiro atoms. The van der Waals surface area contributed by atoms with Crippen molar-refractivity contribution >= 4 is 11.8 Å². The molecule has 0 aliphatic heterocycles. The van der Waals surface area contributed by atoms with Crippen LogP contribution in [0.4, 0.5) is 0 Å². The highest BCUT2D eigenvalue weighted by Gasteiger charge is 2.11. The maximum atomic E-state index is 10.3. The Balaban J connectivity index is 2.46. The summed E-state index contributed by atoms with van der Waals surface area (Å²) in [5.41, 5.74) is 5.06. The minimum Gasteiger partial charge on any atom is -0.468 e. The SMILES string of the molecule is N/C=C(/SCc1ccco1)[N+](=O)[O-]. The summed E-state index contributed by atoms with van der Waals surface area (Å²) in [5, 5.41) is 10.2. The number of hydrogen-bond donors (Lipinski definition) is 1. The Morgan fingerprint density at radius 1 is 1.85 bits per heavy atom. The van der Waals surface area contributed by atoms with Crippen LogP contribution in [0.1, 0.15) is 5.76 Å². The Morgan fingerprint density at radius 2 is 2.62 bits per heavy atom. The lowest BCUT2D eigenvalue weighted by Crippen LogP contribution is -1.98. The lowest BCUT2D eigenvalue weighted by atomic mass is 10.5. The summed E-state index contributed by atoms with van der Waals surface area (Å²) in [6.07, 6.45) is 2.50. The lowest BCUT2D eigenvalue weighted by molar-refractivity contribution is -0.410. The van der Waals surface area contributed by atoms with Crippen LogP contribution in [0.3, 0.4) is 0 Å². The Labute approximate surface area is 78.7 Å². The van der Waals surface area contributed by atoms with Gasteiger partial charge in [0.15, 0.2) is 0 Å². The molecule has 0 aliphatic rings. The molecule has 6 heteroatoms. The van der Waals surface area contributed by atoms with Gasteiger partial charge in [-0.05, 0) is 23.9 Å². The Hall–Kier alpha value is -1.43. The van der Waals surface area contributed by atoms with Crippen LogP contribution in [-0.2, 0) is 5.75 Å². The van der Waals surface area contributed by atoms with E-state index < -0.39 is 4.92 Å². The smallest absolute Gasteiger partial charge is 0.318 e. The second-order valence-electron chi connectivity index (χ2n) is 2.13. The molecule has 0 fully saturated rings. The summed E-state index contributed by atoms with van der Waals surface area (Å²) in [5.74, 6) is 1.10. The first-order valence-electron chi connectivity index (χ1n) is 3.45. The van der Waals surface area contributed by atoms with Gasteiger partial charge in [0.25, 0.3) is 0 Å². The van der Waals surface area contributed by atoms with Crippen LogP contribution < -0.4 is 5.73 Å². The lowest BCUT2D eigenvalue weighted by Gasteiger charge is -1.94. The van der Waals surface area contributed by atoms with Gasteiger partial charge in [-0.25, -0.2) is 0 Å². The largest absolute Gasteiger partial charge is 0.468 e. The zero-order chi connectivity index (χ0) is 9.68. The highest BCUT2D eigenvalue weighted by atomic mass is 32.2. The number of nitro groups is 1. The van der Waals surface area contributed by atoms with E-state index >= 15 is 0 Å². The second kappa shape index (κ2) is 4.56. The molecular weight excluding hydrogens is 192 g/mol. The summed E-state index contributed by atoms with van der Waals surface area (Å²) < 4.78 is 5.00. The van der Waals surface area contributed by atoms with Crippen molar-refractivity contribution in [3.05, 3.63) is 45.5 Å². The van der Waals surface area contributed by atoms with Gasteiger partial charge >= 0.3 is 5.03 Å². The summed E-state index contributed by atoms with van der Waals surface area (Å²) in [6.45, 7) is 0. The van der Waals surface area contributed by atoms with E-state index in [0.717, 1.165) is 18.0 Å². The number of nitrogens with two attached hydrogens (primary N) is 1. The first-order chi connectivity index (χ1) is 6.24. The van der Waals surface area contributed by atoms with Crippen molar-refractivity contribution in [3.8, 4) is 0 Å². The molecule has 0 aliphatic carbocycles. The van der Waals surface area contributed by atoms with E-state index in [0.29, 0.717) is 11.5 Å². The summed E-state index contributed by atoms with van der Waals surface area (Å²) in [7, 11) is 0. The van der Waals surface area contributed by atoms with Gasteiger partial charge in [-0.3, -0.25) is 10.1 Å². The van der Waals surface area contributed by atoms with E-state index in [1.807, 2.05) is 0 Å². The number of hydrogen-bond acceptors (Lipinski definition) is 5. The van der Waals surface area contributed by atoms with Crippen LogP contribution in [0.2, 0.25) is 0 Å². The standard InChI is InChI=1S/C7H8N2O3S/c8-4-7(9(10)11)13-5-6-2-1-3-12-6/h1-4H,5,8H2/b7-4+. The molecule has 0 saturated carbocycles. The molecule has 2 N–H and O–H groups in total. The number of rotatable bonds is 4. The number of thioether (sulfide) groups is 1. The molecule has 70 valence electrons. The molecule has 0 saturated heterocycles. The first-order valence-corrected chi connectivity index (χ1v) is 4.44. The molecule has 1 aromatic rings. The third-order valence-corrected chi connectivity index (χ3v) is 2.27. The molecule has 0 radical (unpaired) electrons. The van der Waals surface area contributed by atoms with Gasteiger partial charge in [0.1, 0.15) is 5.76 Å². The van der Waals surface area contributed by atoms with Gasteiger partial charge < -0.3 is 10.2 Å². The van der Waals surface area contributed by atoms with Crippen molar-refractivity contribution in [2.45, 2.75) is 5.75 Å². The Morgan fingerprint density at radius 3 is 3.08 bits per heavy atom. The van der Waals surface area contributed by atoms with Crippen molar-refractivity contribution in [2.75, 3.05) is 0 Å². The number of furan rings is 1. The van der Waals surface area contributed by atoms with Crippen molar-refractivity contribution < 1.29 is 9.34 Å². The van der Waals surface area contributed by atoms with Crippen LogP contribution in [0.5, 0.6) is 0 Å². The van der Waals surface area contributed by atoms with Crippen molar-refractivity contribution in [3.63, 3.8) is 0 Å². The van der Waals surface area contributed by atoms with Crippen LogP contribution in [0.15, 0.2) is 34.0 Å². The molecule has 0 unspecified atom stereocenters. The Kier molecular flexibility index (Phi) is 3.39. The minimum atomic E-state index is -0.520. The summed E-state index contributed by atoms with van der Waals surface area (Å²) >= 11 is 1.03. The first kappa shape index (κ1) is 9.66. The average Bonchev–Trinajstić information content (AvgIpc) is 2.57.